The standard InChI is InChI=1S/C32H36N2O5/c1-24(35)38-22-11-2-3-12-23-39-30-21-10-8-18-27(30)32(37)33-34-28-19-9-7-14-25(28)17-13-20-29(34)31(36)26-15-5-4-6-16-26/h4-10,14-16,18-19,21,29H,2-3,11-13,17,20,22-23H2,1H3,(H,33,37). The van der Waals surface area contributed by atoms with Gasteiger partial charge < -0.3 is 9.47 Å². The van der Waals surface area contributed by atoms with E-state index >= 15 is 0 Å². The number of esters is 1. The number of hydrogen-bond donors (Lipinski definition) is 1. The van der Waals surface area contributed by atoms with E-state index in [0.717, 1.165) is 49.8 Å². The molecule has 0 spiro atoms. The van der Waals surface area contributed by atoms with Crippen LogP contribution < -0.4 is 15.2 Å². The number of unbranched alkanes of at least 4 members (excludes halogenated alkanes) is 3. The lowest BCUT2D eigenvalue weighted by atomic mass is 9.99. The van der Waals surface area contributed by atoms with Crippen molar-refractivity contribution in [3.63, 3.8) is 0 Å². The second kappa shape index (κ2) is 14.1. The summed E-state index contributed by atoms with van der Waals surface area (Å²) in [6, 6.07) is 23.8. The van der Waals surface area contributed by atoms with Crippen molar-refractivity contribution in [2.45, 2.75) is 57.9 Å². The topological polar surface area (TPSA) is 84.9 Å². The summed E-state index contributed by atoms with van der Waals surface area (Å²) in [5.41, 5.74) is 6.03. The third-order valence-corrected chi connectivity index (χ3v) is 6.80. The molecule has 1 heterocycles. The molecule has 0 aliphatic carbocycles. The Labute approximate surface area is 230 Å². The van der Waals surface area contributed by atoms with Crippen molar-refractivity contribution in [2.75, 3.05) is 18.2 Å². The second-order valence-corrected chi connectivity index (χ2v) is 9.68. The number of hydrogen-bond acceptors (Lipinski definition) is 6. The van der Waals surface area contributed by atoms with Crippen molar-refractivity contribution in [3.05, 3.63) is 95.6 Å². The van der Waals surface area contributed by atoms with Gasteiger partial charge in [-0.05, 0) is 68.7 Å². The Morgan fingerprint density at radius 2 is 1.54 bits per heavy atom. The number of anilines is 1. The zero-order chi connectivity index (χ0) is 27.5. The fourth-order valence-electron chi connectivity index (χ4n) is 4.83. The average Bonchev–Trinajstić information content (AvgIpc) is 3.14. The zero-order valence-electron chi connectivity index (χ0n) is 22.4. The first kappa shape index (κ1) is 27.9. The predicted molar refractivity (Wildman–Crippen MR) is 151 cm³/mol. The van der Waals surface area contributed by atoms with Gasteiger partial charge in [0.15, 0.2) is 5.78 Å². The van der Waals surface area contributed by atoms with Crippen LogP contribution in [0.15, 0.2) is 78.9 Å². The molecule has 4 rings (SSSR count). The Hall–Kier alpha value is -4.13. The molecule has 3 aromatic carbocycles. The molecule has 0 saturated carbocycles. The van der Waals surface area contributed by atoms with Crippen LogP contribution >= 0.6 is 0 Å². The normalized spacial score (nSPS) is 14.6. The quantitative estimate of drug-likeness (QED) is 0.178. The molecule has 0 bridgehead atoms. The van der Waals surface area contributed by atoms with Gasteiger partial charge in [-0.2, -0.15) is 0 Å². The van der Waals surface area contributed by atoms with Gasteiger partial charge in [0.05, 0.1) is 24.5 Å². The van der Waals surface area contributed by atoms with E-state index < -0.39 is 6.04 Å². The predicted octanol–water partition coefficient (Wildman–Crippen LogP) is 5.93. The highest BCUT2D eigenvalue weighted by Gasteiger charge is 2.32. The number of nitrogens with one attached hydrogen (secondary N) is 1. The summed E-state index contributed by atoms with van der Waals surface area (Å²) < 4.78 is 11.0. The molecule has 7 nitrogen and oxygen atoms in total. The highest BCUT2D eigenvalue weighted by atomic mass is 16.5. The van der Waals surface area contributed by atoms with Gasteiger partial charge in [-0.25, -0.2) is 0 Å². The van der Waals surface area contributed by atoms with Gasteiger partial charge >= 0.3 is 5.97 Å². The van der Waals surface area contributed by atoms with Crippen LogP contribution in [-0.2, 0) is 16.0 Å². The van der Waals surface area contributed by atoms with Crippen molar-refractivity contribution in [3.8, 4) is 5.75 Å². The van der Waals surface area contributed by atoms with Crippen molar-refractivity contribution < 1.29 is 23.9 Å². The van der Waals surface area contributed by atoms with Crippen molar-refractivity contribution in [1.82, 2.24) is 5.43 Å². The monoisotopic (exact) mass is 528 g/mol. The van der Waals surface area contributed by atoms with Crippen molar-refractivity contribution >= 4 is 23.3 Å². The number of hydrazine groups is 1. The number of rotatable bonds is 12. The molecular weight excluding hydrogens is 492 g/mol. The molecule has 0 fully saturated rings. The molecule has 0 saturated heterocycles. The van der Waals surface area contributed by atoms with Crippen molar-refractivity contribution in [1.29, 1.82) is 0 Å². The lowest BCUT2D eigenvalue weighted by Gasteiger charge is -2.32. The summed E-state index contributed by atoms with van der Waals surface area (Å²) in [7, 11) is 0. The maximum Gasteiger partial charge on any atom is 0.302 e. The number of amides is 1. The summed E-state index contributed by atoms with van der Waals surface area (Å²) in [5, 5.41) is 1.75. The number of ether oxygens (including phenoxy) is 2. The summed E-state index contributed by atoms with van der Waals surface area (Å²) in [5.74, 6) is -0.100. The molecule has 0 radical (unpaired) electrons. The first-order valence-corrected chi connectivity index (χ1v) is 13.7. The van der Waals surface area contributed by atoms with Gasteiger partial charge in [0.25, 0.3) is 5.91 Å². The molecule has 204 valence electrons. The van der Waals surface area contributed by atoms with Crippen LogP contribution in [0.2, 0.25) is 0 Å². The molecule has 39 heavy (non-hydrogen) atoms. The van der Waals surface area contributed by atoms with Crippen LogP contribution in [0.5, 0.6) is 5.75 Å². The van der Waals surface area contributed by atoms with Crippen LogP contribution in [0.25, 0.3) is 0 Å². The number of ketones is 1. The zero-order valence-corrected chi connectivity index (χ0v) is 22.4. The second-order valence-electron chi connectivity index (χ2n) is 9.68. The minimum Gasteiger partial charge on any atom is -0.493 e. The molecule has 1 unspecified atom stereocenters. The SMILES string of the molecule is CC(=O)OCCCCCCOc1ccccc1C(=O)NN1c2ccccc2CCCC1C(=O)c1ccccc1. The molecule has 1 aliphatic heterocycles. The number of Topliss-reactive ketones (excluding diaryl/α,β-unsaturated/α-hetero) is 1. The number of nitrogens with zero attached hydrogens (tertiary/aromatic N) is 1. The minimum absolute atomic E-state index is 0.0224. The van der Waals surface area contributed by atoms with Crippen LogP contribution in [-0.4, -0.2) is 36.9 Å². The van der Waals surface area contributed by atoms with E-state index in [2.05, 4.69) is 5.43 Å². The number of carbonyl (C=O) groups excluding carboxylic acids is 3. The smallest absolute Gasteiger partial charge is 0.302 e. The highest BCUT2D eigenvalue weighted by molar-refractivity contribution is 6.04. The lowest BCUT2D eigenvalue weighted by Crippen LogP contribution is -2.52. The van der Waals surface area contributed by atoms with E-state index in [1.165, 1.54) is 6.92 Å². The lowest BCUT2D eigenvalue weighted by molar-refractivity contribution is -0.141. The molecule has 1 N–H and O–H groups in total. The summed E-state index contributed by atoms with van der Waals surface area (Å²) in [6.07, 6.45) is 5.81. The van der Waals surface area contributed by atoms with E-state index in [4.69, 9.17) is 9.47 Å². The molecule has 3 aromatic rings. The Bertz CT molecular complexity index is 1260. The maximum absolute atomic E-state index is 13.6. The van der Waals surface area contributed by atoms with Gasteiger partial charge in [-0.15, -0.1) is 0 Å². The average molecular weight is 529 g/mol. The van der Waals surface area contributed by atoms with Gasteiger partial charge in [-0.3, -0.25) is 24.8 Å². The maximum atomic E-state index is 13.6. The Morgan fingerprint density at radius 1 is 0.846 bits per heavy atom. The molecule has 7 heteroatoms. The molecule has 0 aromatic heterocycles. The Balaban J connectivity index is 1.46. The number of para-hydroxylation sites is 2. The van der Waals surface area contributed by atoms with Crippen molar-refractivity contribution in [2.24, 2.45) is 0 Å². The van der Waals surface area contributed by atoms with E-state index in [1.54, 1.807) is 23.2 Å². The van der Waals surface area contributed by atoms with Gasteiger partial charge in [0.1, 0.15) is 11.8 Å². The van der Waals surface area contributed by atoms with E-state index in [1.807, 2.05) is 60.7 Å². The number of fused-ring (bicyclic) bond motifs is 1. The number of carbonyl (C=O) groups is 3. The van der Waals surface area contributed by atoms with Crippen LogP contribution in [0, 0.1) is 0 Å². The van der Waals surface area contributed by atoms with Crippen LogP contribution in [0.3, 0.4) is 0 Å². The number of aryl methyl sites for hydroxylation is 1. The van der Waals surface area contributed by atoms with E-state index in [-0.39, 0.29) is 17.7 Å². The summed E-state index contributed by atoms with van der Waals surface area (Å²) in [6.45, 7) is 2.32. The van der Waals surface area contributed by atoms with Crippen LogP contribution in [0.1, 0.15) is 71.7 Å². The fourth-order valence-corrected chi connectivity index (χ4v) is 4.83. The van der Waals surface area contributed by atoms with Gasteiger partial charge in [-0.1, -0.05) is 60.7 Å². The third-order valence-electron chi connectivity index (χ3n) is 6.80. The Kier molecular flexibility index (Phi) is 10.1. The number of benzene rings is 3. The summed E-state index contributed by atoms with van der Waals surface area (Å²) >= 11 is 0. The van der Waals surface area contributed by atoms with E-state index in [9.17, 15) is 14.4 Å². The van der Waals surface area contributed by atoms with E-state index in [0.29, 0.717) is 36.5 Å². The molecule has 1 amide bonds. The van der Waals surface area contributed by atoms with Gasteiger partial charge in [0.2, 0.25) is 0 Å². The summed E-state index contributed by atoms with van der Waals surface area (Å²) in [4.78, 5) is 38.1. The van der Waals surface area contributed by atoms with Crippen LogP contribution in [0.4, 0.5) is 5.69 Å². The Morgan fingerprint density at radius 3 is 2.33 bits per heavy atom. The highest BCUT2D eigenvalue weighted by Crippen LogP contribution is 2.30. The fraction of sp³-hybridized carbons (Fsp3) is 0.344. The molecule has 1 atom stereocenters. The first-order valence-electron chi connectivity index (χ1n) is 13.7. The molecular formula is C32H36N2O5. The molecule has 1 aliphatic rings. The van der Waals surface area contributed by atoms with Gasteiger partial charge in [0, 0.05) is 12.5 Å². The minimum atomic E-state index is -0.528. The third kappa shape index (κ3) is 7.69. The first-order chi connectivity index (χ1) is 19.0. The largest absolute Gasteiger partial charge is 0.493 e.